The normalized spacial score (nSPS) is 27.4. The van der Waals surface area contributed by atoms with E-state index in [2.05, 4.69) is 15.3 Å². The second-order valence-corrected chi connectivity index (χ2v) is 20.3. The van der Waals surface area contributed by atoms with Crippen LogP contribution in [0, 0.1) is 0 Å². The molecule has 10 atom stereocenters. The lowest BCUT2D eigenvalue weighted by molar-refractivity contribution is -0.339. The number of nitrogens with one attached hydrogen (secondary N) is 1. The Balaban J connectivity index is 2.17. The molecule has 324 valence electrons. The van der Waals surface area contributed by atoms with Crippen molar-refractivity contribution in [3.05, 3.63) is 46.3 Å². The third kappa shape index (κ3) is 13.5. The van der Waals surface area contributed by atoms with E-state index in [1.165, 1.54) is 12.1 Å². The van der Waals surface area contributed by atoms with E-state index in [0.717, 1.165) is 33.6 Å². The van der Waals surface area contributed by atoms with E-state index < -0.39 is 118 Å². The van der Waals surface area contributed by atoms with E-state index in [4.69, 9.17) is 42.3 Å². The maximum absolute atomic E-state index is 13.5. The van der Waals surface area contributed by atoms with Crippen molar-refractivity contribution in [2.45, 2.75) is 154 Å². The van der Waals surface area contributed by atoms with Gasteiger partial charge in [0.25, 0.3) is 0 Å². The Morgan fingerprint density at radius 2 is 1.41 bits per heavy atom. The topological polar surface area (TPSA) is 249 Å². The summed E-state index contributed by atoms with van der Waals surface area (Å²) in [4.78, 5) is 66.3. The number of hydrogen-bond acceptors (Lipinski definition) is 17. The molecule has 19 nitrogen and oxygen atoms in total. The van der Waals surface area contributed by atoms with Gasteiger partial charge in [0.05, 0.1) is 12.1 Å². The number of hydrogen-bond donors (Lipinski definition) is 2. The largest absolute Gasteiger partial charge is 0.463 e. The zero-order valence-electron chi connectivity index (χ0n) is 34.8. The van der Waals surface area contributed by atoms with Crippen LogP contribution in [0.25, 0.3) is 10.4 Å². The van der Waals surface area contributed by atoms with Crippen molar-refractivity contribution in [1.82, 2.24) is 5.32 Å². The van der Waals surface area contributed by atoms with Gasteiger partial charge in [0.15, 0.2) is 39.2 Å². The quantitative estimate of drug-likeness (QED) is 0.0532. The molecule has 58 heavy (non-hydrogen) atoms. The maximum atomic E-state index is 13.5. The number of esters is 5. The molecule has 2 aliphatic heterocycles. The van der Waals surface area contributed by atoms with Crippen molar-refractivity contribution in [3.8, 4) is 0 Å². The molecule has 2 N–H and O–H groups in total. The van der Waals surface area contributed by atoms with Crippen LogP contribution in [0.3, 0.4) is 0 Å². The summed E-state index contributed by atoms with van der Waals surface area (Å²) in [5.41, 5.74) is 9.96. The van der Waals surface area contributed by atoms with Crippen molar-refractivity contribution in [2.75, 3.05) is 19.8 Å². The monoisotopic (exact) mass is 838 g/mol. The Morgan fingerprint density at radius 3 is 1.97 bits per heavy atom. The Labute approximate surface area is 339 Å². The molecule has 2 saturated heterocycles. The predicted molar refractivity (Wildman–Crippen MR) is 206 cm³/mol. The molecule has 0 aliphatic carbocycles. The lowest BCUT2D eigenvalue weighted by Gasteiger charge is -2.50. The van der Waals surface area contributed by atoms with Crippen molar-refractivity contribution in [2.24, 2.45) is 5.11 Å². The van der Waals surface area contributed by atoms with Gasteiger partial charge in [-0.2, -0.15) is 0 Å². The molecule has 2 heterocycles. The molecule has 1 aromatic rings. The van der Waals surface area contributed by atoms with Gasteiger partial charge in [0, 0.05) is 31.7 Å². The first-order valence-electron chi connectivity index (χ1n) is 19.2. The van der Waals surface area contributed by atoms with Gasteiger partial charge in [-0.1, -0.05) is 57.9 Å². The zero-order chi connectivity index (χ0) is 43.4. The lowest BCUT2D eigenvalue weighted by Crippen LogP contribution is -2.67. The second-order valence-electron chi connectivity index (χ2n) is 15.5. The van der Waals surface area contributed by atoms with Gasteiger partial charge in [-0.25, -0.2) is 4.79 Å². The highest BCUT2D eigenvalue weighted by Crippen LogP contribution is 2.41. The first-order valence-corrected chi connectivity index (χ1v) is 22.1. The van der Waals surface area contributed by atoms with Crippen LogP contribution < -0.4 is 5.32 Å². The fourth-order valence-electron chi connectivity index (χ4n) is 6.01. The van der Waals surface area contributed by atoms with E-state index in [-0.39, 0.29) is 18.2 Å². The lowest BCUT2D eigenvalue weighted by atomic mass is 9.95. The molecule has 20 heteroatoms. The number of carbonyl (C=O) groups is 5. The van der Waals surface area contributed by atoms with Crippen LogP contribution in [0.2, 0.25) is 18.1 Å². The highest BCUT2D eigenvalue weighted by atomic mass is 28.4. The molecule has 0 saturated carbocycles. The van der Waals surface area contributed by atoms with E-state index >= 15 is 0 Å². The van der Waals surface area contributed by atoms with E-state index in [1.807, 2.05) is 47.7 Å². The molecule has 1 aromatic carbocycles. The van der Waals surface area contributed by atoms with Crippen LogP contribution in [0.4, 0.5) is 0 Å². The number of azide groups is 1. The molecule has 3 rings (SSSR count). The Bertz CT molecular complexity index is 1600. The molecule has 0 amide bonds. The van der Waals surface area contributed by atoms with E-state index in [0.29, 0.717) is 0 Å². The fraction of sp³-hybridized carbons (Fsp3) is 0.711. The minimum Gasteiger partial charge on any atom is -0.463 e. The van der Waals surface area contributed by atoms with Crippen molar-refractivity contribution in [3.63, 3.8) is 0 Å². The predicted octanol–water partition coefficient (Wildman–Crippen LogP) is 3.86. The summed E-state index contributed by atoms with van der Waals surface area (Å²) in [5, 5.41) is 18.5. The smallest absolute Gasteiger partial charge is 0.338 e. The first kappa shape index (κ1) is 48.2. The highest BCUT2D eigenvalue weighted by molar-refractivity contribution is 6.74. The van der Waals surface area contributed by atoms with Gasteiger partial charge in [-0.15, -0.1) is 0 Å². The summed E-state index contributed by atoms with van der Waals surface area (Å²) in [6, 6.07) is 6.39. The second kappa shape index (κ2) is 21.7. The van der Waals surface area contributed by atoms with Crippen LogP contribution in [-0.2, 0) is 61.5 Å². The van der Waals surface area contributed by atoms with Gasteiger partial charge in [-0.3, -0.25) is 19.2 Å². The summed E-state index contributed by atoms with van der Waals surface area (Å²) < 4.78 is 53.4. The molecule has 0 bridgehead atoms. The van der Waals surface area contributed by atoms with Gasteiger partial charge in [0.1, 0.15) is 43.7 Å². The summed E-state index contributed by atoms with van der Waals surface area (Å²) in [5.74, 6) is -3.95. The highest BCUT2D eigenvalue weighted by Gasteiger charge is 2.56. The van der Waals surface area contributed by atoms with Gasteiger partial charge in [0.2, 0.25) is 0 Å². The third-order valence-corrected chi connectivity index (χ3v) is 14.6. The number of rotatable bonds is 18. The van der Waals surface area contributed by atoms with Gasteiger partial charge < -0.3 is 52.7 Å². The first-order chi connectivity index (χ1) is 27.2. The minimum absolute atomic E-state index is 0.0666. The van der Waals surface area contributed by atoms with Crippen LogP contribution >= 0.6 is 0 Å². The molecule has 0 unspecified atom stereocenters. The Kier molecular flexibility index (Phi) is 18.1. The minimum atomic E-state index is -2.78. The average Bonchev–Trinajstić information content (AvgIpc) is 3.14. The number of carbonyl (C=O) groups excluding carboxylic acids is 5. The SMILES string of the molecule is CCC(CC)NCC(=O)OC[C@H]1O[C@@H](O[Si](C)(C)C(C)(C)C)[C@H](N=[N+]=[N-])[C@@H](O[C@@H]2O[C@H](COC(C)=O)[C@H](OC(C)=O)[C@H](O)[C@H]2OC(=O)c2ccccc2)[C@H]1OC(C)=O. The number of aliphatic hydroxyl groups excluding tert-OH is 1. The van der Waals surface area contributed by atoms with Crippen molar-refractivity contribution in [1.29, 1.82) is 0 Å². The summed E-state index contributed by atoms with van der Waals surface area (Å²) >= 11 is 0. The molecule has 0 radical (unpaired) electrons. The number of nitrogens with zero attached hydrogens (tertiary/aromatic N) is 3. The summed E-state index contributed by atoms with van der Waals surface area (Å²) in [7, 11) is -2.78. The van der Waals surface area contributed by atoms with E-state index in [9.17, 15) is 34.6 Å². The molecular formula is C38H58N4O15Si. The van der Waals surface area contributed by atoms with Crippen LogP contribution in [0.1, 0.15) is 78.6 Å². The fourth-order valence-corrected chi connectivity index (χ4v) is 7.14. The number of benzene rings is 1. The molecule has 0 spiro atoms. The van der Waals surface area contributed by atoms with Crippen LogP contribution in [-0.4, -0.2) is 130 Å². The average molecular weight is 839 g/mol. The molecule has 2 aliphatic rings. The molecule has 0 aromatic heterocycles. The van der Waals surface area contributed by atoms with Gasteiger partial charge >= 0.3 is 29.8 Å². The molecule has 2 fully saturated rings. The zero-order valence-corrected chi connectivity index (χ0v) is 35.8. The van der Waals surface area contributed by atoms with Gasteiger partial charge in [-0.05, 0) is 48.6 Å². The van der Waals surface area contributed by atoms with Crippen LogP contribution in [0.5, 0.6) is 0 Å². The number of ether oxygens (including phenoxy) is 8. The Hall–Kier alpha value is -4.14. The van der Waals surface area contributed by atoms with Crippen molar-refractivity contribution >= 4 is 38.2 Å². The summed E-state index contributed by atoms with van der Waals surface area (Å²) in [6.07, 6.45) is -12.6. The summed E-state index contributed by atoms with van der Waals surface area (Å²) in [6.45, 7) is 15.9. The Morgan fingerprint density at radius 1 is 0.845 bits per heavy atom. The standard InChI is InChI=1S/C38H58N4O15Si/c1-11-25(12-2)40-18-28(46)50-20-27-32(52-23(5)45)33(29(41-42-39)36(53-27)57-58(9,10)38(6,7)8)56-37-34(55-35(48)24-16-14-13-15-17-24)30(47)31(51-22(4)44)26(54-37)19-49-21(3)43/h13-17,25-27,29-34,36-37,40,47H,11-12,18-20H2,1-10H3/t26-,27-,29-,30+,31+,32+,33-,34-,36+,37+/m1/s1. The third-order valence-electron chi connectivity index (χ3n) is 10.2. The maximum Gasteiger partial charge on any atom is 0.338 e. The van der Waals surface area contributed by atoms with Crippen molar-refractivity contribution < 1.29 is 71.4 Å². The van der Waals surface area contributed by atoms with Crippen LogP contribution in [0.15, 0.2) is 35.4 Å². The number of aliphatic hydroxyl groups is 1. The van der Waals surface area contributed by atoms with E-state index in [1.54, 1.807) is 18.2 Å². The molecular weight excluding hydrogens is 781 g/mol.